The quantitative estimate of drug-likeness (QED) is 0.844. The lowest BCUT2D eigenvalue weighted by atomic mass is 9.77. The highest BCUT2D eigenvalue weighted by Crippen LogP contribution is 2.37. The molecule has 0 radical (unpaired) electrons. The first-order valence-electron chi connectivity index (χ1n) is 7.75. The summed E-state index contributed by atoms with van der Waals surface area (Å²) in [5.74, 6) is -1.68. The smallest absolute Gasteiger partial charge is 0.309 e. The van der Waals surface area contributed by atoms with Crippen molar-refractivity contribution in [2.45, 2.75) is 31.3 Å². The van der Waals surface area contributed by atoms with Crippen molar-refractivity contribution in [3.05, 3.63) is 23.5 Å². The topological polar surface area (TPSA) is 98.4 Å². The lowest BCUT2D eigenvalue weighted by Gasteiger charge is -2.41. The van der Waals surface area contributed by atoms with Gasteiger partial charge in [-0.3, -0.25) is 14.5 Å². The summed E-state index contributed by atoms with van der Waals surface area (Å²) >= 11 is 0. The summed E-state index contributed by atoms with van der Waals surface area (Å²) in [6.45, 7) is 2.21. The molecule has 0 bridgehead atoms. The van der Waals surface area contributed by atoms with Gasteiger partial charge in [-0.2, -0.15) is 5.26 Å². The van der Waals surface area contributed by atoms with Gasteiger partial charge in [0.15, 0.2) is 0 Å². The molecule has 3 heterocycles. The number of hydrogen-bond acceptors (Lipinski definition) is 4. The number of amides is 1. The van der Waals surface area contributed by atoms with E-state index in [-0.39, 0.29) is 12.3 Å². The molecule has 2 saturated heterocycles. The lowest BCUT2D eigenvalue weighted by Crippen LogP contribution is -2.55. The van der Waals surface area contributed by atoms with Crippen LogP contribution in [-0.2, 0) is 23.2 Å². The fourth-order valence-corrected chi connectivity index (χ4v) is 3.79. The number of aliphatic carboxylic acids is 1. The van der Waals surface area contributed by atoms with Crippen LogP contribution >= 0.6 is 0 Å². The molecule has 122 valence electrons. The van der Waals surface area contributed by atoms with Crippen molar-refractivity contribution < 1.29 is 14.7 Å². The second-order valence-electron chi connectivity index (χ2n) is 6.53. The Morgan fingerprint density at radius 3 is 2.78 bits per heavy atom. The van der Waals surface area contributed by atoms with E-state index in [1.807, 2.05) is 19.3 Å². The molecular formula is C16H20N4O3. The summed E-state index contributed by atoms with van der Waals surface area (Å²) in [7, 11) is 1.85. The highest BCUT2D eigenvalue weighted by Gasteiger charge is 2.51. The Morgan fingerprint density at radius 1 is 1.52 bits per heavy atom. The summed E-state index contributed by atoms with van der Waals surface area (Å²) in [6.07, 6.45) is 3.32. The monoisotopic (exact) mass is 316 g/mol. The van der Waals surface area contributed by atoms with Crippen LogP contribution in [0.25, 0.3) is 0 Å². The van der Waals surface area contributed by atoms with Crippen LogP contribution in [0.15, 0.2) is 12.3 Å². The molecule has 0 saturated carbocycles. The Bertz CT molecular complexity index is 680. The molecule has 23 heavy (non-hydrogen) atoms. The number of carboxylic acids is 1. The highest BCUT2D eigenvalue weighted by molar-refractivity contribution is 5.88. The normalized spacial score (nSPS) is 23.7. The molecule has 0 aliphatic carbocycles. The van der Waals surface area contributed by atoms with Crippen LogP contribution in [0.2, 0.25) is 0 Å². The Labute approximate surface area is 134 Å². The molecule has 7 heteroatoms. The van der Waals surface area contributed by atoms with E-state index in [0.717, 1.165) is 25.2 Å². The fraction of sp³-hybridized carbons (Fsp3) is 0.562. The number of aryl methyl sites for hydroxylation is 1. The van der Waals surface area contributed by atoms with Crippen molar-refractivity contribution in [1.82, 2.24) is 14.8 Å². The number of nitriles is 1. The second-order valence-corrected chi connectivity index (χ2v) is 6.53. The molecule has 1 amide bonds. The number of carbonyl (C=O) groups is 2. The summed E-state index contributed by atoms with van der Waals surface area (Å²) in [6, 6.07) is 4.02. The van der Waals surface area contributed by atoms with Gasteiger partial charge in [0.1, 0.15) is 11.8 Å². The van der Waals surface area contributed by atoms with Crippen molar-refractivity contribution in [2.75, 3.05) is 13.1 Å². The number of nitrogens with one attached hydrogen (secondary N) is 1. The molecule has 1 aromatic heterocycles. The van der Waals surface area contributed by atoms with Crippen LogP contribution in [0.4, 0.5) is 0 Å². The Morgan fingerprint density at radius 2 is 2.22 bits per heavy atom. The predicted octanol–water partition coefficient (Wildman–Crippen LogP) is 0.452. The zero-order valence-electron chi connectivity index (χ0n) is 13.1. The van der Waals surface area contributed by atoms with Crippen LogP contribution in [0, 0.1) is 17.2 Å². The van der Waals surface area contributed by atoms with Crippen molar-refractivity contribution in [2.24, 2.45) is 13.0 Å². The standard InChI is InChI=1S/C16H20N4O3/c1-19-9-11(6-12(19)8-17)10-20-4-2-16(3-5-20)13(15(22)23)7-14(21)18-16/h6,9,13H,2-5,7,10H2,1H3,(H,18,21)(H,22,23). The number of carbonyl (C=O) groups excluding carboxylic acids is 1. The summed E-state index contributed by atoms with van der Waals surface area (Å²) in [4.78, 5) is 25.3. The Balaban J connectivity index is 1.65. The Hall–Kier alpha value is -2.33. The lowest BCUT2D eigenvalue weighted by molar-refractivity contribution is -0.144. The first-order valence-corrected chi connectivity index (χ1v) is 7.75. The number of nitrogens with zero attached hydrogens (tertiary/aromatic N) is 3. The maximum absolute atomic E-state index is 11.7. The minimum absolute atomic E-state index is 0.0829. The van der Waals surface area contributed by atoms with E-state index in [1.54, 1.807) is 4.57 Å². The van der Waals surface area contributed by atoms with Crippen LogP contribution in [0.5, 0.6) is 0 Å². The van der Waals surface area contributed by atoms with E-state index in [0.29, 0.717) is 18.5 Å². The van der Waals surface area contributed by atoms with E-state index in [9.17, 15) is 14.7 Å². The van der Waals surface area contributed by atoms with E-state index >= 15 is 0 Å². The molecule has 1 spiro atoms. The number of aromatic nitrogens is 1. The molecule has 7 nitrogen and oxygen atoms in total. The van der Waals surface area contributed by atoms with Gasteiger partial charge in [-0.25, -0.2) is 0 Å². The number of carboxylic acid groups (broad SMARTS) is 1. The summed E-state index contributed by atoms with van der Waals surface area (Å²) < 4.78 is 1.80. The second kappa shape index (κ2) is 5.70. The van der Waals surface area contributed by atoms with E-state index in [4.69, 9.17) is 5.26 Å². The minimum atomic E-state index is -0.890. The van der Waals surface area contributed by atoms with Crippen LogP contribution < -0.4 is 5.32 Å². The van der Waals surface area contributed by atoms with Crippen molar-refractivity contribution in [3.63, 3.8) is 0 Å². The van der Waals surface area contributed by atoms with Crippen LogP contribution in [-0.4, -0.2) is 45.1 Å². The Kier molecular flexibility index (Phi) is 3.86. The average molecular weight is 316 g/mol. The number of rotatable bonds is 3. The van der Waals surface area contributed by atoms with E-state index in [2.05, 4.69) is 16.3 Å². The van der Waals surface area contributed by atoms with Gasteiger partial charge in [-0.15, -0.1) is 0 Å². The van der Waals surface area contributed by atoms with Gasteiger partial charge >= 0.3 is 5.97 Å². The molecule has 3 rings (SSSR count). The predicted molar refractivity (Wildman–Crippen MR) is 81.3 cm³/mol. The van der Waals surface area contributed by atoms with Gasteiger partial charge in [0, 0.05) is 39.3 Å². The summed E-state index contributed by atoms with van der Waals surface area (Å²) in [5.41, 5.74) is 1.11. The van der Waals surface area contributed by atoms with Gasteiger partial charge in [-0.05, 0) is 24.5 Å². The maximum Gasteiger partial charge on any atom is 0.309 e. The van der Waals surface area contributed by atoms with Crippen molar-refractivity contribution in [1.29, 1.82) is 5.26 Å². The first kappa shape index (κ1) is 15.6. The van der Waals surface area contributed by atoms with Gasteiger partial charge in [-0.1, -0.05) is 0 Å². The first-order chi connectivity index (χ1) is 10.9. The average Bonchev–Trinajstić information content (AvgIpc) is 3.02. The van der Waals surface area contributed by atoms with Gasteiger partial charge in [0.25, 0.3) is 0 Å². The molecule has 1 atom stereocenters. The van der Waals surface area contributed by atoms with Crippen LogP contribution in [0.1, 0.15) is 30.5 Å². The summed E-state index contributed by atoms with van der Waals surface area (Å²) in [5, 5.41) is 21.3. The van der Waals surface area contributed by atoms with Crippen molar-refractivity contribution >= 4 is 11.9 Å². The SMILES string of the molecule is Cn1cc(CN2CCC3(CC2)NC(=O)CC3C(=O)O)cc1C#N. The van der Waals surface area contributed by atoms with Crippen molar-refractivity contribution in [3.8, 4) is 6.07 Å². The molecular weight excluding hydrogens is 296 g/mol. The number of piperidine rings is 1. The van der Waals surface area contributed by atoms with Gasteiger partial charge in [0.05, 0.1) is 11.5 Å². The third-order valence-electron chi connectivity index (χ3n) is 5.07. The van der Waals surface area contributed by atoms with Gasteiger partial charge < -0.3 is 15.0 Å². The minimum Gasteiger partial charge on any atom is -0.481 e. The number of likely N-dealkylation sites (tertiary alicyclic amines) is 1. The molecule has 2 aliphatic rings. The molecule has 2 fully saturated rings. The highest BCUT2D eigenvalue weighted by atomic mass is 16.4. The zero-order valence-corrected chi connectivity index (χ0v) is 13.1. The number of hydrogen-bond donors (Lipinski definition) is 2. The molecule has 1 unspecified atom stereocenters. The van der Waals surface area contributed by atoms with Crippen LogP contribution in [0.3, 0.4) is 0 Å². The zero-order chi connectivity index (χ0) is 16.6. The van der Waals surface area contributed by atoms with E-state index in [1.165, 1.54) is 0 Å². The molecule has 0 aromatic carbocycles. The molecule has 1 aromatic rings. The largest absolute Gasteiger partial charge is 0.481 e. The fourth-order valence-electron chi connectivity index (χ4n) is 3.79. The van der Waals surface area contributed by atoms with E-state index < -0.39 is 17.4 Å². The van der Waals surface area contributed by atoms with Gasteiger partial charge in [0.2, 0.25) is 5.91 Å². The molecule has 2 aliphatic heterocycles. The molecule has 2 N–H and O–H groups in total. The third kappa shape index (κ3) is 2.82. The maximum atomic E-state index is 11.7. The third-order valence-corrected chi connectivity index (χ3v) is 5.07.